The molecule has 0 saturated heterocycles. The zero-order valence-corrected chi connectivity index (χ0v) is 12.0. The molecule has 0 bridgehead atoms. The maximum absolute atomic E-state index is 11.0. The number of benzene rings is 2. The number of ether oxygens (including phenoxy) is 2. The Labute approximate surface area is 118 Å². The van der Waals surface area contributed by atoms with E-state index in [1.807, 2.05) is 30.3 Å². The standard InChI is InChI=1S/C16H19NO3/c1-17-13(10-18)7-12-8-14-11(9-16(12)20-3)5-4-6-15(14)19-2/h4-6,8-10,13,17H,7H2,1-3H3. The van der Waals surface area contributed by atoms with Crippen molar-refractivity contribution in [2.75, 3.05) is 21.3 Å². The number of aldehydes is 1. The summed E-state index contributed by atoms with van der Waals surface area (Å²) in [5, 5.41) is 5.05. The molecule has 0 aromatic heterocycles. The van der Waals surface area contributed by atoms with Crippen molar-refractivity contribution in [1.29, 1.82) is 0 Å². The van der Waals surface area contributed by atoms with Crippen LogP contribution in [0.3, 0.4) is 0 Å². The van der Waals surface area contributed by atoms with E-state index in [4.69, 9.17) is 9.47 Å². The summed E-state index contributed by atoms with van der Waals surface area (Å²) in [5.74, 6) is 1.60. The highest BCUT2D eigenvalue weighted by molar-refractivity contribution is 5.90. The van der Waals surface area contributed by atoms with Crippen LogP contribution in [0.5, 0.6) is 11.5 Å². The molecule has 0 aliphatic rings. The van der Waals surface area contributed by atoms with E-state index >= 15 is 0 Å². The largest absolute Gasteiger partial charge is 0.496 e. The topological polar surface area (TPSA) is 47.6 Å². The minimum atomic E-state index is -0.226. The van der Waals surface area contributed by atoms with Gasteiger partial charge in [0.05, 0.1) is 20.3 Å². The smallest absolute Gasteiger partial charge is 0.137 e. The zero-order valence-electron chi connectivity index (χ0n) is 12.0. The highest BCUT2D eigenvalue weighted by Gasteiger charge is 2.13. The maximum atomic E-state index is 11.0. The van der Waals surface area contributed by atoms with Crippen LogP contribution in [-0.2, 0) is 11.2 Å². The third-order valence-electron chi connectivity index (χ3n) is 3.44. The molecule has 0 fully saturated rings. The Kier molecular flexibility index (Phi) is 4.58. The summed E-state index contributed by atoms with van der Waals surface area (Å²) in [6.45, 7) is 0. The zero-order chi connectivity index (χ0) is 14.5. The van der Waals surface area contributed by atoms with Crippen LogP contribution in [0.25, 0.3) is 10.8 Å². The number of hydrogen-bond acceptors (Lipinski definition) is 4. The molecule has 0 heterocycles. The maximum Gasteiger partial charge on any atom is 0.137 e. The van der Waals surface area contributed by atoms with Gasteiger partial charge in [-0.05, 0) is 42.6 Å². The minimum absolute atomic E-state index is 0.226. The summed E-state index contributed by atoms with van der Waals surface area (Å²) < 4.78 is 10.8. The molecule has 0 spiro atoms. The van der Waals surface area contributed by atoms with Crippen LogP contribution in [-0.4, -0.2) is 33.6 Å². The van der Waals surface area contributed by atoms with Crippen molar-refractivity contribution in [2.45, 2.75) is 12.5 Å². The van der Waals surface area contributed by atoms with Crippen molar-refractivity contribution in [3.05, 3.63) is 35.9 Å². The van der Waals surface area contributed by atoms with Crippen LogP contribution in [0.15, 0.2) is 30.3 Å². The van der Waals surface area contributed by atoms with Crippen LogP contribution in [0.2, 0.25) is 0 Å². The van der Waals surface area contributed by atoms with Crippen LogP contribution >= 0.6 is 0 Å². The predicted molar refractivity (Wildman–Crippen MR) is 79.7 cm³/mol. The fourth-order valence-electron chi connectivity index (χ4n) is 2.30. The van der Waals surface area contributed by atoms with E-state index in [0.29, 0.717) is 6.42 Å². The lowest BCUT2D eigenvalue weighted by Crippen LogP contribution is -2.29. The molecular formula is C16H19NO3. The third kappa shape index (κ3) is 2.75. The number of fused-ring (bicyclic) bond motifs is 1. The van der Waals surface area contributed by atoms with Gasteiger partial charge in [0, 0.05) is 5.39 Å². The first-order valence-electron chi connectivity index (χ1n) is 6.49. The number of likely N-dealkylation sites (N-methyl/N-ethyl adjacent to an activating group) is 1. The molecule has 106 valence electrons. The molecule has 2 aromatic rings. The molecule has 0 aliphatic heterocycles. The third-order valence-corrected chi connectivity index (χ3v) is 3.44. The fourth-order valence-corrected chi connectivity index (χ4v) is 2.30. The first-order valence-corrected chi connectivity index (χ1v) is 6.49. The van der Waals surface area contributed by atoms with E-state index in [0.717, 1.165) is 34.1 Å². The average molecular weight is 273 g/mol. The monoisotopic (exact) mass is 273 g/mol. The molecule has 0 radical (unpaired) electrons. The summed E-state index contributed by atoms with van der Waals surface area (Å²) in [5.41, 5.74) is 0.982. The normalized spacial score (nSPS) is 12.2. The highest BCUT2D eigenvalue weighted by atomic mass is 16.5. The second-order valence-electron chi connectivity index (χ2n) is 4.58. The van der Waals surface area contributed by atoms with Crippen LogP contribution in [0.1, 0.15) is 5.56 Å². The number of hydrogen-bond donors (Lipinski definition) is 1. The highest BCUT2D eigenvalue weighted by Crippen LogP contribution is 2.32. The van der Waals surface area contributed by atoms with Gasteiger partial charge in [0.1, 0.15) is 17.8 Å². The Morgan fingerprint density at radius 1 is 1.20 bits per heavy atom. The minimum Gasteiger partial charge on any atom is -0.496 e. The Morgan fingerprint density at radius 2 is 1.95 bits per heavy atom. The van der Waals surface area contributed by atoms with Crippen molar-refractivity contribution in [3.8, 4) is 11.5 Å². The summed E-state index contributed by atoms with van der Waals surface area (Å²) in [7, 11) is 5.06. The first-order chi connectivity index (χ1) is 9.73. The lowest BCUT2D eigenvalue weighted by atomic mass is 10.0. The second kappa shape index (κ2) is 6.39. The van der Waals surface area contributed by atoms with Gasteiger partial charge >= 0.3 is 0 Å². The van der Waals surface area contributed by atoms with E-state index in [1.165, 1.54) is 0 Å². The number of carbonyl (C=O) groups is 1. The van der Waals surface area contributed by atoms with Crippen molar-refractivity contribution in [2.24, 2.45) is 0 Å². The van der Waals surface area contributed by atoms with Gasteiger partial charge in [0.15, 0.2) is 0 Å². The summed E-state index contributed by atoms with van der Waals surface area (Å²) in [4.78, 5) is 11.0. The number of carbonyl (C=O) groups excluding carboxylic acids is 1. The molecule has 4 heteroatoms. The van der Waals surface area contributed by atoms with Gasteiger partial charge < -0.3 is 19.6 Å². The molecule has 1 N–H and O–H groups in total. The molecule has 2 rings (SSSR count). The molecule has 0 saturated carbocycles. The van der Waals surface area contributed by atoms with E-state index in [-0.39, 0.29) is 6.04 Å². The van der Waals surface area contributed by atoms with E-state index < -0.39 is 0 Å². The molecule has 1 atom stereocenters. The SMILES string of the molecule is CNC(C=O)Cc1cc2c(OC)cccc2cc1OC. The van der Waals surface area contributed by atoms with Gasteiger partial charge in [-0.1, -0.05) is 12.1 Å². The van der Waals surface area contributed by atoms with Crippen LogP contribution < -0.4 is 14.8 Å². The Balaban J connectivity index is 2.54. The van der Waals surface area contributed by atoms with Crippen molar-refractivity contribution in [3.63, 3.8) is 0 Å². The molecule has 0 amide bonds. The Morgan fingerprint density at radius 3 is 2.55 bits per heavy atom. The quantitative estimate of drug-likeness (QED) is 0.820. The number of methoxy groups -OCH3 is 2. The molecule has 0 aliphatic carbocycles. The van der Waals surface area contributed by atoms with Gasteiger partial charge in [0.2, 0.25) is 0 Å². The van der Waals surface area contributed by atoms with Crippen molar-refractivity contribution >= 4 is 17.1 Å². The summed E-state index contributed by atoms with van der Waals surface area (Å²) in [6.07, 6.45) is 1.49. The summed E-state index contributed by atoms with van der Waals surface area (Å²) >= 11 is 0. The number of rotatable bonds is 6. The fraction of sp³-hybridized carbons (Fsp3) is 0.312. The predicted octanol–water partition coefficient (Wildman–Crippen LogP) is 2.19. The Bertz CT molecular complexity index is 610. The molecule has 20 heavy (non-hydrogen) atoms. The van der Waals surface area contributed by atoms with Gasteiger partial charge in [-0.25, -0.2) is 0 Å². The van der Waals surface area contributed by atoms with Crippen molar-refractivity contribution in [1.82, 2.24) is 5.32 Å². The van der Waals surface area contributed by atoms with Gasteiger partial charge in [-0.2, -0.15) is 0 Å². The lowest BCUT2D eigenvalue weighted by molar-refractivity contribution is -0.109. The van der Waals surface area contributed by atoms with E-state index in [9.17, 15) is 4.79 Å². The van der Waals surface area contributed by atoms with E-state index in [1.54, 1.807) is 21.3 Å². The molecule has 2 aromatic carbocycles. The van der Waals surface area contributed by atoms with E-state index in [2.05, 4.69) is 5.32 Å². The Hall–Kier alpha value is -2.07. The lowest BCUT2D eigenvalue weighted by Gasteiger charge is -2.15. The average Bonchev–Trinajstić information content (AvgIpc) is 2.50. The van der Waals surface area contributed by atoms with Crippen LogP contribution in [0.4, 0.5) is 0 Å². The molecule has 4 nitrogen and oxygen atoms in total. The number of nitrogens with one attached hydrogen (secondary N) is 1. The van der Waals surface area contributed by atoms with Gasteiger partial charge in [0.25, 0.3) is 0 Å². The second-order valence-corrected chi connectivity index (χ2v) is 4.58. The van der Waals surface area contributed by atoms with Gasteiger partial charge in [-0.15, -0.1) is 0 Å². The molecule has 1 unspecified atom stereocenters. The van der Waals surface area contributed by atoms with Gasteiger partial charge in [-0.3, -0.25) is 0 Å². The first kappa shape index (κ1) is 14.3. The van der Waals surface area contributed by atoms with Crippen molar-refractivity contribution < 1.29 is 14.3 Å². The summed E-state index contributed by atoms with van der Waals surface area (Å²) in [6, 6.07) is 9.66. The van der Waals surface area contributed by atoms with Crippen LogP contribution in [0, 0.1) is 0 Å². The molecular weight excluding hydrogens is 254 g/mol.